The van der Waals surface area contributed by atoms with Gasteiger partial charge in [0.1, 0.15) is 6.61 Å². The lowest BCUT2D eigenvalue weighted by Crippen LogP contribution is -2.08. The molecule has 16 heavy (non-hydrogen) atoms. The van der Waals surface area contributed by atoms with Crippen molar-refractivity contribution in [2.45, 2.75) is 0 Å². The lowest BCUT2D eigenvalue weighted by Gasteiger charge is -2.00. The number of aryl methyl sites for hydroxylation is 1. The van der Waals surface area contributed by atoms with Crippen molar-refractivity contribution < 1.29 is 14.6 Å². The molecule has 1 aromatic heterocycles. The summed E-state index contributed by atoms with van der Waals surface area (Å²) in [6.07, 6.45) is 1.74. The van der Waals surface area contributed by atoms with Crippen molar-refractivity contribution >= 4 is 16.9 Å². The zero-order chi connectivity index (χ0) is 11.5. The first-order chi connectivity index (χ1) is 7.74. The molecule has 0 aliphatic rings. The predicted octanol–water partition coefficient (Wildman–Crippen LogP) is 1.33. The number of fused-ring (bicyclic) bond motifs is 1. The van der Waals surface area contributed by atoms with Crippen LogP contribution in [0.25, 0.3) is 10.9 Å². The summed E-state index contributed by atoms with van der Waals surface area (Å²) in [6.45, 7) is -0.126. The van der Waals surface area contributed by atoms with E-state index in [1.54, 1.807) is 6.20 Å². The minimum Gasteiger partial charge on any atom is -0.460 e. The van der Waals surface area contributed by atoms with Crippen molar-refractivity contribution in [3.05, 3.63) is 36.0 Å². The molecule has 0 atom stereocenters. The molecule has 1 heterocycles. The van der Waals surface area contributed by atoms with Gasteiger partial charge in [-0.25, -0.2) is 4.79 Å². The number of rotatable bonds is 3. The van der Waals surface area contributed by atoms with E-state index in [0.29, 0.717) is 5.56 Å². The van der Waals surface area contributed by atoms with Gasteiger partial charge in [0.05, 0.1) is 12.2 Å². The molecule has 1 aromatic carbocycles. The Balaban J connectivity index is 2.41. The molecule has 0 aliphatic heterocycles. The first-order valence-electron chi connectivity index (χ1n) is 5.06. The van der Waals surface area contributed by atoms with Crippen molar-refractivity contribution in [3.63, 3.8) is 0 Å². The molecule has 1 N–H and O–H groups in total. The Hall–Kier alpha value is -1.81. The fraction of sp³-hybridized carbons (Fsp3) is 0.250. The molecule has 0 aliphatic carbocycles. The minimum atomic E-state index is -0.397. The number of hydrogen-bond donors (Lipinski definition) is 1. The van der Waals surface area contributed by atoms with Gasteiger partial charge in [-0.3, -0.25) is 0 Å². The Morgan fingerprint density at radius 3 is 2.94 bits per heavy atom. The number of carbonyl (C=O) groups is 1. The average molecular weight is 219 g/mol. The molecule has 84 valence electrons. The Bertz CT molecular complexity index is 516. The average Bonchev–Trinajstić information content (AvgIpc) is 2.65. The third kappa shape index (κ3) is 1.79. The van der Waals surface area contributed by atoms with Crippen LogP contribution >= 0.6 is 0 Å². The van der Waals surface area contributed by atoms with E-state index in [0.717, 1.165) is 10.9 Å². The number of esters is 1. The normalized spacial score (nSPS) is 10.6. The quantitative estimate of drug-likeness (QED) is 0.792. The van der Waals surface area contributed by atoms with Gasteiger partial charge >= 0.3 is 5.97 Å². The maximum absolute atomic E-state index is 11.7. The van der Waals surface area contributed by atoms with E-state index in [9.17, 15) is 4.79 Å². The summed E-state index contributed by atoms with van der Waals surface area (Å²) in [7, 11) is 1.88. The number of benzene rings is 1. The smallest absolute Gasteiger partial charge is 0.340 e. The summed E-state index contributed by atoms with van der Waals surface area (Å²) in [6, 6.07) is 7.62. The Labute approximate surface area is 93.1 Å². The van der Waals surface area contributed by atoms with Gasteiger partial charge < -0.3 is 14.4 Å². The zero-order valence-corrected chi connectivity index (χ0v) is 9.01. The summed E-state index contributed by atoms with van der Waals surface area (Å²) in [5, 5.41) is 9.47. The number of aliphatic hydroxyl groups is 1. The van der Waals surface area contributed by atoms with Gasteiger partial charge in [0, 0.05) is 24.1 Å². The number of aromatic nitrogens is 1. The Morgan fingerprint density at radius 2 is 2.19 bits per heavy atom. The molecule has 0 amide bonds. The lowest BCUT2D eigenvalue weighted by atomic mass is 10.2. The third-order valence-corrected chi connectivity index (χ3v) is 2.44. The van der Waals surface area contributed by atoms with Crippen LogP contribution in [-0.4, -0.2) is 28.9 Å². The van der Waals surface area contributed by atoms with Crippen LogP contribution < -0.4 is 0 Å². The van der Waals surface area contributed by atoms with Crippen LogP contribution in [0.4, 0.5) is 0 Å². The van der Waals surface area contributed by atoms with Crippen molar-refractivity contribution in [3.8, 4) is 0 Å². The molecule has 0 saturated heterocycles. The molecule has 2 aromatic rings. The van der Waals surface area contributed by atoms with Crippen LogP contribution in [0.15, 0.2) is 30.5 Å². The predicted molar refractivity (Wildman–Crippen MR) is 60.3 cm³/mol. The summed E-state index contributed by atoms with van der Waals surface area (Å²) in [4.78, 5) is 11.7. The number of carbonyl (C=O) groups excluding carboxylic acids is 1. The molecule has 4 heteroatoms. The van der Waals surface area contributed by atoms with E-state index in [1.165, 1.54) is 0 Å². The van der Waals surface area contributed by atoms with Crippen LogP contribution in [0.5, 0.6) is 0 Å². The van der Waals surface area contributed by atoms with Gasteiger partial charge in [-0.15, -0.1) is 0 Å². The second-order valence-electron chi connectivity index (χ2n) is 3.53. The Kier molecular flexibility index (Phi) is 2.92. The monoisotopic (exact) mass is 219 g/mol. The van der Waals surface area contributed by atoms with E-state index >= 15 is 0 Å². The van der Waals surface area contributed by atoms with E-state index < -0.39 is 5.97 Å². The molecule has 0 radical (unpaired) electrons. The summed E-state index contributed by atoms with van der Waals surface area (Å²) in [5.74, 6) is -0.397. The first kappa shape index (κ1) is 10.7. The molecule has 4 nitrogen and oxygen atoms in total. The largest absolute Gasteiger partial charge is 0.460 e. The van der Waals surface area contributed by atoms with Crippen LogP contribution in [0.2, 0.25) is 0 Å². The zero-order valence-electron chi connectivity index (χ0n) is 9.01. The third-order valence-electron chi connectivity index (χ3n) is 2.44. The molecule has 0 bridgehead atoms. The molecule has 0 fully saturated rings. The molecule has 2 rings (SSSR count). The number of nitrogens with zero attached hydrogens (tertiary/aromatic N) is 1. The highest BCUT2D eigenvalue weighted by Crippen LogP contribution is 2.20. The first-order valence-corrected chi connectivity index (χ1v) is 5.06. The highest BCUT2D eigenvalue weighted by Gasteiger charge is 2.14. The van der Waals surface area contributed by atoms with Crippen LogP contribution in [0, 0.1) is 0 Å². The number of aliphatic hydroxyl groups excluding tert-OH is 1. The van der Waals surface area contributed by atoms with E-state index in [-0.39, 0.29) is 13.2 Å². The van der Waals surface area contributed by atoms with Crippen molar-refractivity contribution in [1.29, 1.82) is 0 Å². The molecule has 0 saturated carbocycles. The summed E-state index contributed by atoms with van der Waals surface area (Å²) in [5.41, 5.74) is 1.52. The fourth-order valence-corrected chi connectivity index (χ4v) is 1.72. The second kappa shape index (κ2) is 4.37. The van der Waals surface area contributed by atoms with Gasteiger partial charge in [-0.05, 0) is 6.07 Å². The highest BCUT2D eigenvalue weighted by molar-refractivity contribution is 6.04. The van der Waals surface area contributed by atoms with Gasteiger partial charge in [0.25, 0.3) is 0 Å². The molecule has 0 spiro atoms. The summed E-state index contributed by atoms with van der Waals surface area (Å²) >= 11 is 0. The number of hydrogen-bond acceptors (Lipinski definition) is 3. The molecular weight excluding hydrogens is 206 g/mol. The van der Waals surface area contributed by atoms with Gasteiger partial charge in [-0.2, -0.15) is 0 Å². The van der Waals surface area contributed by atoms with Crippen molar-refractivity contribution in [1.82, 2.24) is 4.57 Å². The van der Waals surface area contributed by atoms with Crippen LogP contribution in [0.1, 0.15) is 10.4 Å². The van der Waals surface area contributed by atoms with Crippen molar-refractivity contribution in [2.75, 3.05) is 13.2 Å². The van der Waals surface area contributed by atoms with Gasteiger partial charge in [-0.1, -0.05) is 18.2 Å². The standard InChI is InChI=1S/C12H13NO3/c1-13-8-10(12(15)16-7-6-14)9-4-2-3-5-11(9)13/h2-5,8,14H,6-7H2,1H3. The lowest BCUT2D eigenvalue weighted by molar-refractivity contribution is 0.0436. The van der Waals surface area contributed by atoms with Crippen LogP contribution in [-0.2, 0) is 11.8 Å². The van der Waals surface area contributed by atoms with E-state index in [2.05, 4.69) is 0 Å². The van der Waals surface area contributed by atoms with Crippen molar-refractivity contribution in [2.24, 2.45) is 7.05 Å². The topological polar surface area (TPSA) is 51.5 Å². The number of ether oxygens (including phenoxy) is 1. The Morgan fingerprint density at radius 1 is 1.44 bits per heavy atom. The summed E-state index contributed by atoms with van der Waals surface area (Å²) < 4.78 is 6.78. The number of para-hydroxylation sites is 1. The fourth-order valence-electron chi connectivity index (χ4n) is 1.72. The van der Waals surface area contributed by atoms with Gasteiger partial charge in [0.2, 0.25) is 0 Å². The van der Waals surface area contributed by atoms with E-state index in [4.69, 9.17) is 9.84 Å². The minimum absolute atomic E-state index is 0.0298. The molecule has 0 unspecified atom stereocenters. The maximum Gasteiger partial charge on any atom is 0.340 e. The SMILES string of the molecule is Cn1cc(C(=O)OCCO)c2ccccc21. The maximum atomic E-state index is 11.7. The van der Waals surface area contributed by atoms with Gasteiger partial charge in [0.15, 0.2) is 0 Å². The van der Waals surface area contributed by atoms with E-state index in [1.807, 2.05) is 35.9 Å². The second-order valence-corrected chi connectivity index (χ2v) is 3.53. The van der Waals surface area contributed by atoms with Crippen LogP contribution in [0.3, 0.4) is 0 Å². The highest BCUT2D eigenvalue weighted by atomic mass is 16.5. The molecular formula is C12H13NO3.